The average molecular weight is 366 g/mol. The number of esters is 1. The topological polar surface area (TPSA) is 57.7 Å². The van der Waals surface area contributed by atoms with Gasteiger partial charge in [0.15, 0.2) is 5.75 Å². The third-order valence-corrected chi connectivity index (χ3v) is 3.55. The Morgan fingerprint density at radius 1 is 1.18 bits per heavy atom. The number of methoxy groups -OCH3 is 2. The molecule has 0 fully saturated rings. The lowest BCUT2D eigenvalue weighted by Crippen LogP contribution is -2.08. The molecule has 22 heavy (non-hydrogen) atoms. The maximum absolute atomic E-state index is 12.1. The highest BCUT2D eigenvalue weighted by Gasteiger charge is 2.19. The quantitative estimate of drug-likeness (QED) is 0.597. The van der Waals surface area contributed by atoms with Gasteiger partial charge in [-0.2, -0.15) is 0 Å². The van der Waals surface area contributed by atoms with Crippen molar-refractivity contribution in [3.05, 3.63) is 40.5 Å². The predicted molar refractivity (Wildman–Crippen MR) is 86.4 cm³/mol. The van der Waals surface area contributed by atoms with Gasteiger partial charge in [0.05, 0.1) is 26.5 Å². The minimum atomic E-state index is -0.447. The van der Waals surface area contributed by atoms with Crippen LogP contribution in [0, 0.1) is 0 Å². The first-order chi connectivity index (χ1) is 10.6. The van der Waals surface area contributed by atoms with Gasteiger partial charge in [0.2, 0.25) is 0 Å². The van der Waals surface area contributed by atoms with Gasteiger partial charge in [0, 0.05) is 5.56 Å². The Labute approximate surface area is 137 Å². The first-order valence-electron chi connectivity index (χ1n) is 6.66. The molecule has 0 amide bonds. The summed E-state index contributed by atoms with van der Waals surface area (Å²) in [7, 11) is 3.09. The van der Waals surface area contributed by atoms with Gasteiger partial charge in [-0.25, -0.2) is 9.78 Å². The molecule has 0 N–H and O–H groups in total. The predicted octanol–water partition coefficient (Wildman–Crippen LogP) is 3.71. The highest BCUT2D eigenvalue weighted by Crippen LogP contribution is 2.32. The summed E-state index contributed by atoms with van der Waals surface area (Å²) in [6.07, 6.45) is 0. The summed E-state index contributed by atoms with van der Waals surface area (Å²) in [5, 5.41) is 0. The molecule has 0 unspecified atom stereocenters. The minimum Gasteiger partial charge on any atom is -0.497 e. The molecule has 0 aliphatic carbocycles. The zero-order valence-electron chi connectivity index (χ0n) is 12.6. The van der Waals surface area contributed by atoms with E-state index in [4.69, 9.17) is 14.2 Å². The van der Waals surface area contributed by atoms with Crippen LogP contribution in [0.15, 0.2) is 34.9 Å². The number of rotatable bonds is 5. The molecule has 0 aliphatic rings. The number of ether oxygens (including phenoxy) is 3. The van der Waals surface area contributed by atoms with E-state index in [-0.39, 0.29) is 0 Å². The summed E-state index contributed by atoms with van der Waals surface area (Å²) in [6.45, 7) is 2.05. The van der Waals surface area contributed by atoms with E-state index in [1.54, 1.807) is 20.1 Å². The fourth-order valence-electron chi connectivity index (χ4n) is 1.97. The molecule has 1 heterocycles. The summed E-state index contributed by atoms with van der Waals surface area (Å²) in [6, 6.07) is 9.06. The molecular weight excluding hydrogens is 350 g/mol. The molecule has 0 atom stereocenters. The summed E-state index contributed by atoms with van der Waals surface area (Å²) in [5.41, 5.74) is 1.82. The standard InChI is InChI=1S/C16H16BrNO4/c1-4-22-16(19)12-9-13(18-15(17)14(12)21-3)10-5-7-11(20-2)8-6-10/h5-9H,4H2,1-3H3. The van der Waals surface area contributed by atoms with Crippen molar-refractivity contribution in [3.8, 4) is 22.8 Å². The van der Waals surface area contributed by atoms with Crippen LogP contribution < -0.4 is 9.47 Å². The van der Waals surface area contributed by atoms with E-state index in [0.29, 0.717) is 28.2 Å². The summed E-state index contributed by atoms with van der Waals surface area (Å²) >= 11 is 3.33. The fraction of sp³-hybridized carbons (Fsp3) is 0.250. The van der Waals surface area contributed by atoms with E-state index in [1.807, 2.05) is 24.3 Å². The molecule has 0 spiro atoms. The molecule has 2 rings (SSSR count). The molecule has 116 valence electrons. The first kappa shape index (κ1) is 16.3. The molecule has 2 aromatic rings. The van der Waals surface area contributed by atoms with Crippen molar-refractivity contribution in [2.45, 2.75) is 6.92 Å². The molecule has 1 aromatic carbocycles. The summed E-state index contributed by atoms with van der Waals surface area (Å²) in [4.78, 5) is 16.5. The van der Waals surface area contributed by atoms with Crippen LogP contribution in [-0.2, 0) is 4.74 Å². The summed E-state index contributed by atoms with van der Waals surface area (Å²) < 4.78 is 15.9. The van der Waals surface area contributed by atoms with Gasteiger partial charge in [0.25, 0.3) is 0 Å². The maximum Gasteiger partial charge on any atom is 0.342 e. The Kier molecular flexibility index (Phi) is 5.38. The van der Waals surface area contributed by atoms with Crippen LogP contribution >= 0.6 is 15.9 Å². The Morgan fingerprint density at radius 3 is 2.41 bits per heavy atom. The van der Waals surface area contributed by atoms with Crippen LogP contribution in [0.1, 0.15) is 17.3 Å². The molecule has 0 bridgehead atoms. The van der Waals surface area contributed by atoms with Crippen molar-refractivity contribution in [1.29, 1.82) is 0 Å². The van der Waals surface area contributed by atoms with Crippen molar-refractivity contribution in [2.24, 2.45) is 0 Å². The van der Waals surface area contributed by atoms with Gasteiger partial charge in [-0.1, -0.05) is 0 Å². The lowest BCUT2D eigenvalue weighted by Gasteiger charge is -2.12. The van der Waals surface area contributed by atoms with Crippen molar-refractivity contribution < 1.29 is 19.0 Å². The van der Waals surface area contributed by atoms with E-state index in [9.17, 15) is 4.79 Å². The highest BCUT2D eigenvalue weighted by molar-refractivity contribution is 9.10. The van der Waals surface area contributed by atoms with E-state index < -0.39 is 5.97 Å². The lowest BCUT2D eigenvalue weighted by molar-refractivity contribution is 0.0522. The Bertz CT molecular complexity index is 671. The molecule has 0 saturated heterocycles. The zero-order chi connectivity index (χ0) is 16.1. The smallest absolute Gasteiger partial charge is 0.342 e. The molecule has 0 aliphatic heterocycles. The number of hydrogen-bond donors (Lipinski definition) is 0. The second kappa shape index (κ2) is 7.26. The second-order valence-corrected chi connectivity index (χ2v) is 5.08. The summed E-state index contributed by atoms with van der Waals surface area (Å²) in [5.74, 6) is 0.662. The maximum atomic E-state index is 12.1. The van der Waals surface area contributed by atoms with Gasteiger partial charge < -0.3 is 14.2 Å². The molecule has 0 saturated carbocycles. The van der Waals surface area contributed by atoms with Crippen LogP contribution in [-0.4, -0.2) is 31.8 Å². The van der Waals surface area contributed by atoms with E-state index in [2.05, 4.69) is 20.9 Å². The van der Waals surface area contributed by atoms with Crippen molar-refractivity contribution >= 4 is 21.9 Å². The van der Waals surface area contributed by atoms with Gasteiger partial charge in [-0.3, -0.25) is 0 Å². The first-order valence-corrected chi connectivity index (χ1v) is 7.46. The number of pyridine rings is 1. The number of hydrogen-bond acceptors (Lipinski definition) is 5. The molecule has 5 nitrogen and oxygen atoms in total. The van der Waals surface area contributed by atoms with E-state index >= 15 is 0 Å². The van der Waals surface area contributed by atoms with Crippen LogP contribution in [0.5, 0.6) is 11.5 Å². The normalized spacial score (nSPS) is 10.2. The Morgan fingerprint density at radius 2 is 1.86 bits per heavy atom. The second-order valence-electron chi connectivity index (χ2n) is 4.33. The van der Waals surface area contributed by atoms with Crippen LogP contribution in [0.4, 0.5) is 0 Å². The van der Waals surface area contributed by atoms with Gasteiger partial charge in [-0.15, -0.1) is 0 Å². The van der Waals surface area contributed by atoms with E-state index in [0.717, 1.165) is 11.3 Å². The molecule has 0 radical (unpaired) electrons. The highest BCUT2D eigenvalue weighted by atomic mass is 79.9. The van der Waals surface area contributed by atoms with Crippen LogP contribution in [0.2, 0.25) is 0 Å². The third kappa shape index (κ3) is 3.39. The number of nitrogens with zero attached hydrogens (tertiary/aromatic N) is 1. The van der Waals surface area contributed by atoms with Crippen LogP contribution in [0.25, 0.3) is 11.3 Å². The van der Waals surface area contributed by atoms with E-state index in [1.165, 1.54) is 7.11 Å². The van der Waals surface area contributed by atoms with Gasteiger partial charge >= 0.3 is 5.97 Å². The number of aromatic nitrogens is 1. The lowest BCUT2D eigenvalue weighted by atomic mass is 10.1. The molecular formula is C16H16BrNO4. The largest absolute Gasteiger partial charge is 0.497 e. The SMILES string of the molecule is CCOC(=O)c1cc(-c2ccc(OC)cc2)nc(Br)c1OC. The third-order valence-electron chi connectivity index (χ3n) is 3.02. The van der Waals surface area contributed by atoms with Gasteiger partial charge in [-0.05, 0) is 53.2 Å². The monoisotopic (exact) mass is 365 g/mol. The zero-order valence-corrected chi connectivity index (χ0v) is 14.1. The molecule has 6 heteroatoms. The fourth-order valence-corrected chi connectivity index (χ4v) is 2.53. The molecule has 1 aromatic heterocycles. The average Bonchev–Trinajstić information content (AvgIpc) is 2.54. The Hall–Kier alpha value is -2.08. The number of carbonyl (C=O) groups excluding carboxylic acids is 1. The number of carbonyl (C=O) groups is 1. The van der Waals surface area contributed by atoms with Gasteiger partial charge in [0.1, 0.15) is 15.9 Å². The number of benzene rings is 1. The minimum absolute atomic E-state index is 0.291. The Balaban J connectivity index is 2.50. The van der Waals surface area contributed by atoms with Crippen LogP contribution in [0.3, 0.4) is 0 Å². The van der Waals surface area contributed by atoms with Crippen molar-refractivity contribution in [3.63, 3.8) is 0 Å². The van der Waals surface area contributed by atoms with Crippen molar-refractivity contribution in [1.82, 2.24) is 4.98 Å². The van der Waals surface area contributed by atoms with Crippen molar-refractivity contribution in [2.75, 3.05) is 20.8 Å². The number of halogens is 1.